The van der Waals surface area contributed by atoms with Gasteiger partial charge in [-0.05, 0) is 37.5 Å². The molecule has 2 atom stereocenters. The highest BCUT2D eigenvalue weighted by atomic mass is 35.5. The molecule has 0 radical (unpaired) electrons. The van der Waals surface area contributed by atoms with Crippen LogP contribution in [0.5, 0.6) is 0 Å². The summed E-state index contributed by atoms with van der Waals surface area (Å²) in [6.07, 6.45) is 2.72. The van der Waals surface area contributed by atoms with Crippen LogP contribution in [-0.2, 0) is 4.74 Å². The van der Waals surface area contributed by atoms with Gasteiger partial charge in [0, 0.05) is 42.5 Å². The third kappa shape index (κ3) is 3.89. The van der Waals surface area contributed by atoms with Gasteiger partial charge in [0.1, 0.15) is 0 Å². The van der Waals surface area contributed by atoms with E-state index in [2.05, 4.69) is 16.3 Å². The first kappa shape index (κ1) is 15.1. The molecule has 2 fully saturated rings. The highest BCUT2D eigenvalue weighted by Crippen LogP contribution is 2.23. The topological polar surface area (TPSA) is 44.7 Å². The summed E-state index contributed by atoms with van der Waals surface area (Å²) in [5.41, 5.74) is 1.20. The number of hydrogen-bond donors (Lipinski definition) is 2. The van der Waals surface area contributed by atoms with Crippen LogP contribution in [0, 0.1) is 0 Å². The molecule has 116 valence electrons. The quantitative estimate of drug-likeness (QED) is 0.897. The Kier molecular flexibility index (Phi) is 5.01. The van der Waals surface area contributed by atoms with Gasteiger partial charge in [0.05, 0.1) is 12.7 Å². The summed E-state index contributed by atoms with van der Waals surface area (Å²) in [6.45, 7) is 3.25. The molecule has 0 amide bonds. The van der Waals surface area contributed by atoms with E-state index < -0.39 is 0 Å². The highest BCUT2D eigenvalue weighted by Gasteiger charge is 2.27. The van der Waals surface area contributed by atoms with Gasteiger partial charge in [-0.25, -0.2) is 0 Å². The molecule has 1 aromatic carbocycles. The lowest BCUT2D eigenvalue weighted by Crippen LogP contribution is -2.53. The molecule has 2 heterocycles. The van der Waals surface area contributed by atoms with Crippen molar-refractivity contribution in [1.29, 1.82) is 0 Å². The van der Waals surface area contributed by atoms with E-state index in [0.717, 1.165) is 44.0 Å². The lowest BCUT2D eigenvalue weighted by molar-refractivity contribution is -0.0309. The number of rotatable bonds is 3. The molecule has 2 N–H and O–H groups in total. The molecule has 1 aromatic rings. The summed E-state index contributed by atoms with van der Waals surface area (Å²) in [5.74, 6) is 0. The average Bonchev–Trinajstić information content (AvgIpc) is 2.50. The zero-order valence-corrected chi connectivity index (χ0v) is 12.9. The third-order valence-electron chi connectivity index (χ3n) is 4.44. The smallest absolute Gasteiger partial charge is 0.0927 e. The number of anilines is 1. The summed E-state index contributed by atoms with van der Waals surface area (Å²) in [4.78, 5) is 2.38. The van der Waals surface area contributed by atoms with E-state index in [1.807, 2.05) is 18.2 Å². The van der Waals surface area contributed by atoms with Gasteiger partial charge in [0.2, 0.25) is 0 Å². The molecule has 21 heavy (non-hydrogen) atoms. The maximum absolute atomic E-state index is 9.95. The van der Waals surface area contributed by atoms with E-state index in [1.54, 1.807) is 0 Å². The SMILES string of the molecule is O[C@@H]1COCC[C@H]1NC1CCN(c2cccc(Cl)c2)CC1. The first-order chi connectivity index (χ1) is 10.2. The maximum Gasteiger partial charge on any atom is 0.0927 e. The van der Waals surface area contributed by atoms with Crippen molar-refractivity contribution in [3.8, 4) is 0 Å². The maximum atomic E-state index is 9.95. The fourth-order valence-electron chi connectivity index (χ4n) is 3.20. The Morgan fingerprint density at radius 3 is 2.76 bits per heavy atom. The van der Waals surface area contributed by atoms with E-state index in [1.165, 1.54) is 5.69 Å². The van der Waals surface area contributed by atoms with Gasteiger partial charge in [-0.15, -0.1) is 0 Å². The van der Waals surface area contributed by atoms with E-state index in [9.17, 15) is 5.11 Å². The van der Waals surface area contributed by atoms with Gasteiger partial charge in [-0.1, -0.05) is 17.7 Å². The first-order valence-electron chi connectivity index (χ1n) is 7.75. The molecule has 3 rings (SSSR count). The fourth-order valence-corrected chi connectivity index (χ4v) is 3.38. The normalized spacial score (nSPS) is 27.8. The number of aliphatic hydroxyl groups is 1. The Bertz CT molecular complexity index is 463. The number of benzene rings is 1. The lowest BCUT2D eigenvalue weighted by Gasteiger charge is -2.38. The molecule has 2 saturated heterocycles. The summed E-state index contributed by atoms with van der Waals surface area (Å²) in [7, 11) is 0. The van der Waals surface area contributed by atoms with E-state index in [-0.39, 0.29) is 12.1 Å². The van der Waals surface area contributed by atoms with Crippen LogP contribution in [0.4, 0.5) is 5.69 Å². The van der Waals surface area contributed by atoms with Crippen molar-refractivity contribution >= 4 is 17.3 Å². The predicted molar refractivity (Wildman–Crippen MR) is 85.1 cm³/mol. The van der Waals surface area contributed by atoms with Gasteiger partial charge in [-0.3, -0.25) is 0 Å². The summed E-state index contributed by atoms with van der Waals surface area (Å²) in [6, 6.07) is 8.71. The van der Waals surface area contributed by atoms with Crippen LogP contribution in [0.2, 0.25) is 5.02 Å². The Morgan fingerprint density at radius 1 is 1.24 bits per heavy atom. The minimum absolute atomic E-state index is 0.182. The summed E-state index contributed by atoms with van der Waals surface area (Å²) >= 11 is 6.06. The average molecular weight is 311 g/mol. The molecule has 0 saturated carbocycles. The van der Waals surface area contributed by atoms with Crippen LogP contribution in [0.25, 0.3) is 0 Å². The Balaban J connectivity index is 1.51. The van der Waals surface area contributed by atoms with Crippen LogP contribution in [0.1, 0.15) is 19.3 Å². The zero-order valence-electron chi connectivity index (χ0n) is 12.2. The monoisotopic (exact) mass is 310 g/mol. The fraction of sp³-hybridized carbons (Fsp3) is 0.625. The van der Waals surface area contributed by atoms with Crippen LogP contribution in [-0.4, -0.2) is 49.6 Å². The van der Waals surface area contributed by atoms with Crippen molar-refractivity contribution in [2.75, 3.05) is 31.2 Å². The van der Waals surface area contributed by atoms with E-state index in [4.69, 9.17) is 16.3 Å². The number of halogens is 1. The van der Waals surface area contributed by atoms with Gasteiger partial charge >= 0.3 is 0 Å². The molecular formula is C16H23ClN2O2. The number of ether oxygens (including phenoxy) is 1. The van der Waals surface area contributed by atoms with E-state index >= 15 is 0 Å². The molecular weight excluding hydrogens is 288 g/mol. The second-order valence-electron chi connectivity index (χ2n) is 5.95. The molecule has 5 heteroatoms. The molecule has 2 aliphatic rings. The Morgan fingerprint density at radius 2 is 2.05 bits per heavy atom. The second-order valence-corrected chi connectivity index (χ2v) is 6.38. The van der Waals surface area contributed by atoms with E-state index in [0.29, 0.717) is 12.6 Å². The summed E-state index contributed by atoms with van der Waals surface area (Å²) < 4.78 is 5.28. The summed E-state index contributed by atoms with van der Waals surface area (Å²) in [5, 5.41) is 14.3. The molecule has 4 nitrogen and oxygen atoms in total. The van der Waals surface area contributed by atoms with Gasteiger partial charge in [0.25, 0.3) is 0 Å². The van der Waals surface area contributed by atoms with Crippen molar-refractivity contribution < 1.29 is 9.84 Å². The van der Waals surface area contributed by atoms with Crippen LogP contribution >= 0.6 is 11.6 Å². The van der Waals surface area contributed by atoms with Crippen LogP contribution in [0.3, 0.4) is 0 Å². The molecule has 0 bridgehead atoms. The largest absolute Gasteiger partial charge is 0.389 e. The van der Waals surface area contributed by atoms with Gasteiger partial charge in [-0.2, -0.15) is 0 Å². The van der Waals surface area contributed by atoms with Crippen molar-refractivity contribution in [2.45, 2.75) is 37.5 Å². The number of nitrogens with zero attached hydrogens (tertiary/aromatic N) is 1. The predicted octanol–water partition coefficient (Wildman–Crippen LogP) is 2.05. The molecule has 0 spiro atoms. The number of hydrogen-bond acceptors (Lipinski definition) is 4. The highest BCUT2D eigenvalue weighted by molar-refractivity contribution is 6.30. The molecule has 0 unspecified atom stereocenters. The molecule has 0 aliphatic carbocycles. The van der Waals surface area contributed by atoms with Crippen molar-refractivity contribution in [2.24, 2.45) is 0 Å². The number of nitrogens with one attached hydrogen (secondary N) is 1. The Hall–Kier alpha value is -0.810. The third-order valence-corrected chi connectivity index (χ3v) is 4.68. The van der Waals surface area contributed by atoms with Gasteiger partial charge in [0.15, 0.2) is 0 Å². The Labute approximate surface area is 131 Å². The standard InChI is InChI=1S/C16H23ClN2O2/c17-12-2-1-3-14(10-12)19-7-4-13(5-8-19)18-15-6-9-21-11-16(15)20/h1-3,10,13,15-16,18,20H,4-9,11H2/t15-,16-/m1/s1. The minimum atomic E-state index is -0.371. The molecule has 0 aromatic heterocycles. The second kappa shape index (κ2) is 6.97. The van der Waals surface area contributed by atoms with Gasteiger partial charge < -0.3 is 20.1 Å². The lowest BCUT2D eigenvalue weighted by atomic mass is 9.99. The minimum Gasteiger partial charge on any atom is -0.389 e. The molecule has 2 aliphatic heterocycles. The zero-order chi connectivity index (χ0) is 14.7. The van der Waals surface area contributed by atoms with Crippen molar-refractivity contribution in [1.82, 2.24) is 5.32 Å². The first-order valence-corrected chi connectivity index (χ1v) is 8.12. The number of aliphatic hydroxyl groups excluding tert-OH is 1. The van der Waals surface area contributed by atoms with Crippen molar-refractivity contribution in [3.05, 3.63) is 29.3 Å². The van der Waals surface area contributed by atoms with Crippen LogP contribution in [0.15, 0.2) is 24.3 Å². The number of piperidine rings is 1. The van der Waals surface area contributed by atoms with Crippen LogP contribution < -0.4 is 10.2 Å². The van der Waals surface area contributed by atoms with Crippen molar-refractivity contribution in [3.63, 3.8) is 0 Å².